The molecule has 1 N–H and O–H groups in total. The molecule has 2 rings (SSSR count). The highest BCUT2D eigenvalue weighted by molar-refractivity contribution is 7.86. The molecule has 0 aliphatic carbocycles. The quantitative estimate of drug-likeness (QED) is 0.761. The van der Waals surface area contributed by atoms with Crippen molar-refractivity contribution in [1.82, 2.24) is 13.9 Å². The fourth-order valence-corrected chi connectivity index (χ4v) is 4.20. The number of rotatable bonds is 4. The molecule has 2 aliphatic heterocycles. The molecule has 5 nitrogen and oxygen atoms in total. The summed E-state index contributed by atoms with van der Waals surface area (Å²) in [5, 5.41) is 3.13. The molecule has 0 amide bonds. The van der Waals surface area contributed by atoms with Gasteiger partial charge in [-0.1, -0.05) is 13.3 Å². The lowest BCUT2D eigenvalue weighted by Gasteiger charge is -2.40. The molecule has 2 aliphatic rings. The summed E-state index contributed by atoms with van der Waals surface area (Å²) in [5.41, 5.74) is 0. The Balaban J connectivity index is 2.08. The van der Waals surface area contributed by atoms with Crippen LogP contribution in [-0.2, 0) is 10.2 Å². The smallest absolute Gasteiger partial charge is 0.282 e. The zero-order valence-corrected chi connectivity index (χ0v) is 10.7. The van der Waals surface area contributed by atoms with Crippen LogP contribution in [0, 0.1) is 0 Å². The maximum absolute atomic E-state index is 12.4. The van der Waals surface area contributed by atoms with E-state index < -0.39 is 10.2 Å². The molecule has 0 aromatic carbocycles. The van der Waals surface area contributed by atoms with Crippen molar-refractivity contribution in [2.45, 2.75) is 32.2 Å². The highest BCUT2D eigenvalue weighted by Crippen LogP contribution is 2.19. The van der Waals surface area contributed by atoms with Crippen LogP contribution >= 0.6 is 0 Å². The maximum Gasteiger partial charge on any atom is 0.282 e. The number of nitrogens with one attached hydrogen (secondary N) is 1. The Morgan fingerprint density at radius 2 is 1.88 bits per heavy atom. The van der Waals surface area contributed by atoms with Crippen molar-refractivity contribution in [3.8, 4) is 0 Å². The van der Waals surface area contributed by atoms with Gasteiger partial charge in [-0.25, -0.2) is 0 Å². The van der Waals surface area contributed by atoms with Gasteiger partial charge >= 0.3 is 0 Å². The number of piperidine rings is 1. The molecule has 0 spiro atoms. The Hall–Kier alpha value is -0.170. The third kappa shape index (κ3) is 2.25. The van der Waals surface area contributed by atoms with E-state index in [0.29, 0.717) is 19.6 Å². The van der Waals surface area contributed by atoms with E-state index in [1.54, 1.807) is 8.61 Å². The van der Waals surface area contributed by atoms with Crippen LogP contribution in [0.1, 0.15) is 26.2 Å². The van der Waals surface area contributed by atoms with Gasteiger partial charge in [0.25, 0.3) is 10.2 Å². The largest absolute Gasteiger partial charge is 0.313 e. The average molecular weight is 247 g/mol. The van der Waals surface area contributed by atoms with E-state index in [1.165, 1.54) is 0 Å². The minimum absolute atomic E-state index is 0.164. The highest BCUT2D eigenvalue weighted by Gasteiger charge is 2.36. The molecule has 94 valence electrons. The summed E-state index contributed by atoms with van der Waals surface area (Å²) in [7, 11) is -3.21. The first-order chi connectivity index (χ1) is 7.66. The molecule has 2 fully saturated rings. The summed E-state index contributed by atoms with van der Waals surface area (Å²) in [4.78, 5) is 0. The van der Waals surface area contributed by atoms with Crippen molar-refractivity contribution in [2.24, 2.45) is 0 Å². The van der Waals surface area contributed by atoms with E-state index in [0.717, 1.165) is 32.4 Å². The lowest BCUT2D eigenvalue weighted by Crippen LogP contribution is -2.61. The molecule has 6 heteroatoms. The van der Waals surface area contributed by atoms with Crippen molar-refractivity contribution in [2.75, 3.05) is 32.7 Å². The van der Waals surface area contributed by atoms with Crippen LogP contribution in [0.5, 0.6) is 0 Å². The summed E-state index contributed by atoms with van der Waals surface area (Å²) < 4.78 is 28.0. The lowest BCUT2D eigenvalue weighted by atomic mass is 10.2. The third-order valence-corrected chi connectivity index (χ3v) is 5.58. The molecule has 0 aromatic heterocycles. The van der Waals surface area contributed by atoms with Crippen LogP contribution in [0.3, 0.4) is 0 Å². The Morgan fingerprint density at radius 1 is 1.25 bits per heavy atom. The van der Waals surface area contributed by atoms with Gasteiger partial charge in [0.2, 0.25) is 0 Å². The lowest BCUT2D eigenvalue weighted by molar-refractivity contribution is 0.223. The molecule has 0 bridgehead atoms. The van der Waals surface area contributed by atoms with Gasteiger partial charge in [0, 0.05) is 32.7 Å². The second-order valence-corrected chi connectivity index (χ2v) is 6.36. The summed E-state index contributed by atoms with van der Waals surface area (Å²) in [5.74, 6) is 0. The molecule has 16 heavy (non-hydrogen) atoms. The van der Waals surface area contributed by atoms with Crippen molar-refractivity contribution < 1.29 is 8.42 Å². The van der Waals surface area contributed by atoms with Crippen LogP contribution < -0.4 is 5.32 Å². The monoisotopic (exact) mass is 247 g/mol. The third-order valence-electron chi connectivity index (χ3n) is 3.42. The molecular formula is C10H21N3O2S. The van der Waals surface area contributed by atoms with Gasteiger partial charge < -0.3 is 5.32 Å². The fourth-order valence-electron chi connectivity index (χ4n) is 2.33. The van der Waals surface area contributed by atoms with Crippen LogP contribution in [0.4, 0.5) is 0 Å². The predicted molar refractivity (Wildman–Crippen MR) is 63.4 cm³/mol. The SMILES string of the molecule is CCN(C1CNC1)S(=O)(=O)N1CCCCC1. The molecule has 2 saturated heterocycles. The first-order valence-electron chi connectivity index (χ1n) is 6.14. The van der Waals surface area contributed by atoms with Gasteiger partial charge in [0.15, 0.2) is 0 Å². The van der Waals surface area contributed by atoms with Gasteiger partial charge in [-0.3, -0.25) is 0 Å². The zero-order chi connectivity index (χ0) is 11.6. The van der Waals surface area contributed by atoms with Crippen LogP contribution in [0.2, 0.25) is 0 Å². The average Bonchev–Trinajstić information content (AvgIpc) is 2.24. The predicted octanol–water partition coefficient (Wildman–Crippen LogP) is 0.0108. The summed E-state index contributed by atoms with van der Waals surface area (Å²) in [6.07, 6.45) is 3.16. The zero-order valence-electron chi connectivity index (χ0n) is 9.85. The molecule has 0 saturated carbocycles. The molecule has 0 aromatic rings. The second-order valence-electron chi connectivity index (χ2n) is 4.48. The molecule has 0 atom stereocenters. The number of hydrogen-bond donors (Lipinski definition) is 1. The number of nitrogens with zero attached hydrogens (tertiary/aromatic N) is 2. The van der Waals surface area contributed by atoms with Gasteiger partial charge in [0.1, 0.15) is 0 Å². The Kier molecular flexibility index (Phi) is 3.84. The standard InChI is InChI=1S/C10H21N3O2S/c1-2-13(10-8-11-9-10)16(14,15)12-6-4-3-5-7-12/h10-11H,2-9H2,1H3. The van der Waals surface area contributed by atoms with E-state index in [2.05, 4.69) is 5.32 Å². The van der Waals surface area contributed by atoms with E-state index in [1.807, 2.05) is 6.92 Å². The minimum atomic E-state index is -3.21. The van der Waals surface area contributed by atoms with E-state index in [9.17, 15) is 8.42 Å². The highest BCUT2D eigenvalue weighted by atomic mass is 32.2. The van der Waals surface area contributed by atoms with E-state index in [-0.39, 0.29) is 6.04 Å². The van der Waals surface area contributed by atoms with Crippen molar-refractivity contribution in [1.29, 1.82) is 0 Å². The summed E-state index contributed by atoms with van der Waals surface area (Å²) in [6.45, 7) is 5.46. The van der Waals surface area contributed by atoms with Gasteiger partial charge in [-0.05, 0) is 12.8 Å². The Bertz CT molecular complexity index is 321. The van der Waals surface area contributed by atoms with Gasteiger partial charge in [-0.2, -0.15) is 17.0 Å². The van der Waals surface area contributed by atoms with Crippen LogP contribution in [-0.4, -0.2) is 55.8 Å². The molecule has 2 heterocycles. The van der Waals surface area contributed by atoms with Gasteiger partial charge in [0.05, 0.1) is 6.04 Å². The molecule has 0 radical (unpaired) electrons. The normalized spacial score (nSPS) is 24.6. The first kappa shape index (κ1) is 12.3. The summed E-state index contributed by atoms with van der Waals surface area (Å²) in [6, 6.07) is 0.164. The number of hydrogen-bond acceptors (Lipinski definition) is 3. The van der Waals surface area contributed by atoms with Gasteiger partial charge in [-0.15, -0.1) is 0 Å². The van der Waals surface area contributed by atoms with Crippen LogP contribution in [0.25, 0.3) is 0 Å². The maximum atomic E-state index is 12.4. The van der Waals surface area contributed by atoms with Crippen molar-refractivity contribution >= 4 is 10.2 Å². The fraction of sp³-hybridized carbons (Fsp3) is 1.00. The van der Waals surface area contributed by atoms with E-state index >= 15 is 0 Å². The molecular weight excluding hydrogens is 226 g/mol. The Labute approximate surface area is 98.0 Å². The second kappa shape index (κ2) is 5.00. The van der Waals surface area contributed by atoms with E-state index in [4.69, 9.17) is 0 Å². The van der Waals surface area contributed by atoms with Crippen molar-refractivity contribution in [3.63, 3.8) is 0 Å². The van der Waals surface area contributed by atoms with Crippen LogP contribution in [0.15, 0.2) is 0 Å². The van der Waals surface area contributed by atoms with Crippen molar-refractivity contribution in [3.05, 3.63) is 0 Å². The summed E-state index contributed by atoms with van der Waals surface area (Å²) >= 11 is 0. The molecule has 0 unspecified atom stereocenters. The minimum Gasteiger partial charge on any atom is -0.313 e. The topological polar surface area (TPSA) is 52.7 Å². The Morgan fingerprint density at radius 3 is 2.31 bits per heavy atom. The number of likely N-dealkylation sites (N-methyl/N-ethyl adjacent to an activating group) is 1. The first-order valence-corrected chi connectivity index (χ1v) is 7.53.